The molecular weight excluding hydrogens is 397 g/mol. The summed E-state index contributed by atoms with van der Waals surface area (Å²) in [6, 6.07) is 23.7. The first-order valence-corrected chi connectivity index (χ1v) is 10.7. The summed E-state index contributed by atoms with van der Waals surface area (Å²) in [5, 5.41) is 11.3. The number of anilines is 1. The second-order valence-corrected chi connectivity index (χ2v) is 7.63. The van der Waals surface area contributed by atoms with Crippen LogP contribution in [-0.4, -0.2) is 28.4 Å². The third-order valence-corrected chi connectivity index (χ3v) is 5.75. The number of fused-ring (bicyclic) bond motifs is 1. The van der Waals surface area contributed by atoms with E-state index in [2.05, 4.69) is 10.2 Å². The van der Waals surface area contributed by atoms with E-state index in [1.54, 1.807) is 17.0 Å². The van der Waals surface area contributed by atoms with Gasteiger partial charge in [-0.25, -0.2) is 4.39 Å². The van der Waals surface area contributed by atoms with Crippen LogP contribution in [0.1, 0.15) is 6.92 Å². The van der Waals surface area contributed by atoms with E-state index in [4.69, 9.17) is 0 Å². The first-order valence-electron chi connectivity index (χ1n) is 9.67. The molecule has 1 aromatic heterocycles. The number of benzene rings is 3. The van der Waals surface area contributed by atoms with Crippen molar-refractivity contribution in [2.75, 3.05) is 17.2 Å². The summed E-state index contributed by atoms with van der Waals surface area (Å²) in [4.78, 5) is 14.6. The van der Waals surface area contributed by atoms with E-state index in [9.17, 15) is 9.18 Å². The Balaban J connectivity index is 1.60. The Morgan fingerprint density at radius 3 is 2.27 bits per heavy atom. The number of hydrogen-bond acceptors (Lipinski definition) is 4. The molecule has 0 aliphatic rings. The largest absolute Gasteiger partial charge is 0.312 e. The van der Waals surface area contributed by atoms with Crippen LogP contribution in [-0.2, 0) is 4.79 Å². The number of amides is 1. The van der Waals surface area contributed by atoms with Crippen LogP contribution in [0.4, 0.5) is 10.1 Å². The summed E-state index contributed by atoms with van der Waals surface area (Å²) in [5.41, 5.74) is 2.38. The van der Waals surface area contributed by atoms with Gasteiger partial charge in [0.05, 0.1) is 5.75 Å². The summed E-state index contributed by atoms with van der Waals surface area (Å²) in [7, 11) is 0. The van der Waals surface area contributed by atoms with Gasteiger partial charge in [-0.15, -0.1) is 10.2 Å². The molecule has 4 rings (SSSR count). The topological polar surface area (TPSA) is 46.1 Å². The Hall–Kier alpha value is -3.25. The van der Waals surface area contributed by atoms with Gasteiger partial charge in [0.2, 0.25) is 5.91 Å². The summed E-state index contributed by atoms with van der Waals surface area (Å²) in [5.74, 6) is -0.0140. The Labute approximate surface area is 178 Å². The van der Waals surface area contributed by atoms with E-state index in [0.717, 1.165) is 22.0 Å². The highest BCUT2D eigenvalue weighted by Gasteiger charge is 2.17. The molecule has 0 saturated carbocycles. The molecule has 4 aromatic rings. The molecule has 4 nitrogen and oxygen atoms in total. The average molecular weight is 418 g/mol. The minimum absolute atomic E-state index is 0.0159. The van der Waals surface area contributed by atoms with Crippen molar-refractivity contribution in [3.63, 3.8) is 0 Å². The molecule has 1 amide bonds. The molecule has 150 valence electrons. The summed E-state index contributed by atoms with van der Waals surface area (Å²) >= 11 is 1.38. The minimum Gasteiger partial charge on any atom is -0.312 e. The third kappa shape index (κ3) is 4.19. The number of rotatable bonds is 6. The predicted octanol–water partition coefficient (Wildman–Crippen LogP) is 5.58. The number of carbonyl (C=O) groups excluding carboxylic acids is 1. The van der Waals surface area contributed by atoms with Gasteiger partial charge in [-0.05, 0) is 43.3 Å². The van der Waals surface area contributed by atoms with Gasteiger partial charge in [0.15, 0.2) is 0 Å². The Morgan fingerprint density at radius 1 is 0.900 bits per heavy atom. The molecule has 0 saturated heterocycles. The van der Waals surface area contributed by atoms with Crippen LogP contribution in [0.15, 0.2) is 83.9 Å². The van der Waals surface area contributed by atoms with Crippen LogP contribution >= 0.6 is 11.8 Å². The number of aromatic nitrogens is 2. The van der Waals surface area contributed by atoms with Gasteiger partial charge in [-0.2, -0.15) is 0 Å². The molecule has 0 atom stereocenters. The van der Waals surface area contributed by atoms with Crippen LogP contribution in [0.3, 0.4) is 0 Å². The molecular formula is C24H20FN3OS. The molecule has 3 aromatic carbocycles. The number of para-hydroxylation sites is 1. The second kappa shape index (κ2) is 9.05. The van der Waals surface area contributed by atoms with E-state index in [1.807, 2.05) is 61.5 Å². The maximum atomic E-state index is 13.3. The smallest absolute Gasteiger partial charge is 0.237 e. The standard InChI is InChI=1S/C24H20FN3OS/c1-2-28(19-8-4-3-5-9-19)22(29)16-30-24-21-11-7-6-10-20(21)23(26-27-24)17-12-14-18(25)15-13-17/h3-15H,2,16H2,1H3. The van der Waals surface area contributed by atoms with E-state index in [1.165, 1.54) is 23.9 Å². The highest BCUT2D eigenvalue weighted by atomic mass is 32.2. The Kier molecular flexibility index (Phi) is 6.05. The van der Waals surface area contributed by atoms with Gasteiger partial charge < -0.3 is 4.90 Å². The monoisotopic (exact) mass is 417 g/mol. The van der Waals surface area contributed by atoms with Crippen molar-refractivity contribution in [1.29, 1.82) is 0 Å². The lowest BCUT2D eigenvalue weighted by molar-refractivity contribution is -0.116. The maximum absolute atomic E-state index is 13.3. The SMILES string of the molecule is CCN(C(=O)CSc1nnc(-c2ccc(F)cc2)c2ccccc12)c1ccccc1. The molecule has 0 unspecified atom stereocenters. The number of carbonyl (C=O) groups is 1. The zero-order chi connectivity index (χ0) is 20.9. The van der Waals surface area contributed by atoms with E-state index in [-0.39, 0.29) is 17.5 Å². The van der Waals surface area contributed by atoms with Crippen LogP contribution in [0, 0.1) is 5.82 Å². The fraction of sp³-hybridized carbons (Fsp3) is 0.125. The lowest BCUT2D eigenvalue weighted by Crippen LogP contribution is -2.32. The van der Waals surface area contributed by atoms with Gasteiger partial charge >= 0.3 is 0 Å². The molecule has 0 spiro atoms. The van der Waals surface area contributed by atoms with E-state index < -0.39 is 0 Å². The number of halogens is 1. The van der Waals surface area contributed by atoms with E-state index >= 15 is 0 Å². The van der Waals surface area contributed by atoms with Gasteiger partial charge in [0.25, 0.3) is 0 Å². The Bertz CT molecular complexity index is 1170. The zero-order valence-electron chi connectivity index (χ0n) is 16.5. The lowest BCUT2D eigenvalue weighted by atomic mass is 10.1. The molecule has 1 heterocycles. The minimum atomic E-state index is -0.291. The third-order valence-electron chi connectivity index (χ3n) is 4.79. The molecule has 0 fully saturated rings. The first kappa shape index (κ1) is 20.0. The fourth-order valence-corrected chi connectivity index (χ4v) is 4.17. The highest BCUT2D eigenvalue weighted by molar-refractivity contribution is 8.00. The van der Waals surface area contributed by atoms with Crippen molar-refractivity contribution in [1.82, 2.24) is 10.2 Å². The lowest BCUT2D eigenvalue weighted by Gasteiger charge is -2.20. The normalized spacial score (nSPS) is 10.9. The second-order valence-electron chi connectivity index (χ2n) is 6.67. The average Bonchev–Trinajstić information content (AvgIpc) is 2.79. The summed E-state index contributed by atoms with van der Waals surface area (Å²) in [6.07, 6.45) is 0. The summed E-state index contributed by atoms with van der Waals surface area (Å²) in [6.45, 7) is 2.56. The molecule has 30 heavy (non-hydrogen) atoms. The van der Waals surface area contributed by atoms with Crippen LogP contribution < -0.4 is 4.90 Å². The zero-order valence-corrected chi connectivity index (χ0v) is 17.3. The van der Waals surface area contributed by atoms with Crippen molar-refractivity contribution in [2.45, 2.75) is 11.9 Å². The number of nitrogens with zero attached hydrogens (tertiary/aromatic N) is 3. The number of hydrogen-bond donors (Lipinski definition) is 0. The van der Waals surface area contributed by atoms with Crippen molar-refractivity contribution in [3.05, 3.63) is 84.7 Å². The summed E-state index contributed by atoms with van der Waals surface area (Å²) < 4.78 is 13.3. The van der Waals surface area contributed by atoms with Crippen LogP contribution in [0.5, 0.6) is 0 Å². The van der Waals surface area contributed by atoms with Crippen LogP contribution in [0.25, 0.3) is 22.0 Å². The molecule has 0 N–H and O–H groups in total. The van der Waals surface area contributed by atoms with Gasteiger partial charge in [0, 0.05) is 28.6 Å². The predicted molar refractivity (Wildman–Crippen MR) is 120 cm³/mol. The van der Waals surface area contributed by atoms with Gasteiger partial charge in [-0.1, -0.05) is 54.2 Å². The van der Waals surface area contributed by atoms with Crippen molar-refractivity contribution in [2.24, 2.45) is 0 Å². The number of thioether (sulfide) groups is 1. The molecule has 0 aliphatic carbocycles. The van der Waals surface area contributed by atoms with Gasteiger partial charge in [-0.3, -0.25) is 4.79 Å². The first-order chi connectivity index (χ1) is 14.7. The molecule has 6 heteroatoms. The van der Waals surface area contributed by atoms with Crippen molar-refractivity contribution < 1.29 is 9.18 Å². The van der Waals surface area contributed by atoms with Crippen molar-refractivity contribution >= 4 is 34.1 Å². The maximum Gasteiger partial charge on any atom is 0.237 e. The van der Waals surface area contributed by atoms with E-state index in [0.29, 0.717) is 17.3 Å². The quantitative estimate of drug-likeness (QED) is 0.384. The molecule has 0 aliphatic heterocycles. The molecule has 0 radical (unpaired) electrons. The highest BCUT2D eigenvalue weighted by Crippen LogP contribution is 2.32. The molecule has 0 bridgehead atoms. The van der Waals surface area contributed by atoms with Gasteiger partial charge in [0.1, 0.15) is 16.5 Å². The Morgan fingerprint density at radius 2 is 1.57 bits per heavy atom. The van der Waals surface area contributed by atoms with Crippen molar-refractivity contribution in [3.8, 4) is 11.3 Å². The fourth-order valence-electron chi connectivity index (χ4n) is 3.33. The van der Waals surface area contributed by atoms with Crippen LogP contribution in [0.2, 0.25) is 0 Å².